The minimum absolute atomic E-state index is 0.158. The smallest absolute Gasteiger partial charge is 0.338 e. The van der Waals surface area contributed by atoms with E-state index in [-0.39, 0.29) is 18.5 Å². The summed E-state index contributed by atoms with van der Waals surface area (Å²) < 4.78 is 5.38. The number of urea groups is 1. The zero-order valence-corrected chi connectivity index (χ0v) is 18.7. The van der Waals surface area contributed by atoms with Crippen LogP contribution < -0.4 is 5.32 Å². The van der Waals surface area contributed by atoms with Gasteiger partial charge in [0.25, 0.3) is 0 Å². The van der Waals surface area contributed by atoms with Gasteiger partial charge in [0.15, 0.2) is 0 Å². The highest BCUT2D eigenvalue weighted by Crippen LogP contribution is 2.33. The fourth-order valence-corrected chi connectivity index (χ4v) is 4.62. The fraction of sp³-hybridized carbons (Fsp3) is 0.571. The minimum Gasteiger partial charge on any atom is -0.463 e. The summed E-state index contributed by atoms with van der Waals surface area (Å²) in [7, 11) is 0. The van der Waals surface area contributed by atoms with Crippen LogP contribution in [0.3, 0.4) is 0 Å². The van der Waals surface area contributed by atoms with Gasteiger partial charge in [-0.1, -0.05) is 6.92 Å². The van der Waals surface area contributed by atoms with Gasteiger partial charge in [-0.15, -0.1) is 0 Å². The Morgan fingerprint density at radius 2 is 1.93 bits per heavy atom. The van der Waals surface area contributed by atoms with Gasteiger partial charge in [-0.3, -0.25) is 14.6 Å². The van der Waals surface area contributed by atoms with Crippen LogP contribution in [0.5, 0.6) is 0 Å². The second-order valence-electron chi connectivity index (χ2n) is 7.27. The highest BCUT2D eigenvalue weighted by atomic mass is 32.1. The highest BCUT2D eigenvalue weighted by Gasteiger charge is 2.38. The maximum atomic E-state index is 13.0. The van der Waals surface area contributed by atoms with E-state index in [0.29, 0.717) is 57.0 Å². The van der Waals surface area contributed by atoms with Gasteiger partial charge in [0, 0.05) is 51.4 Å². The standard InChI is InChI=1S/C21H30N4O4S/c1-4-17(26)24-10-8-23(9-11-24)13-16-18(20(27)29-6-3)19(15-7-12-30-14-15)22-21(28)25(16)5-2/h7,12,14,19H,4-6,8-11,13H2,1-3H3,(H,22,28). The van der Waals surface area contributed by atoms with Crippen molar-refractivity contribution in [2.45, 2.75) is 33.2 Å². The number of ether oxygens (including phenoxy) is 1. The first-order valence-electron chi connectivity index (χ1n) is 10.5. The van der Waals surface area contributed by atoms with Crippen molar-refractivity contribution in [3.05, 3.63) is 33.7 Å². The molecule has 9 heteroatoms. The Morgan fingerprint density at radius 1 is 1.20 bits per heavy atom. The minimum atomic E-state index is -0.524. The molecule has 1 saturated heterocycles. The van der Waals surface area contributed by atoms with E-state index in [4.69, 9.17) is 4.74 Å². The maximum absolute atomic E-state index is 13.0. The number of hydrogen-bond acceptors (Lipinski definition) is 6. The molecule has 30 heavy (non-hydrogen) atoms. The normalized spacial score (nSPS) is 20.4. The van der Waals surface area contributed by atoms with Crippen molar-refractivity contribution in [3.8, 4) is 0 Å². The lowest BCUT2D eigenvalue weighted by Gasteiger charge is -2.40. The van der Waals surface area contributed by atoms with Gasteiger partial charge in [-0.05, 0) is 36.2 Å². The van der Waals surface area contributed by atoms with Crippen molar-refractivity contribution in [1.82, 2.24) is 20.0 Å². The number of nitrogens with one attached hydrogen (secondary N) is 1. The highest BCUT2D eigenvalue weighted by molar-refractivity contribution is 7.08. The molecular formula is C21H30N4O4S. The Kier molecular flexibility index (Phi) is 7.49. The third-order valence-corrected chi connectivity index (χ3v) is 6.23. The molecule has 1 atom stereocenters. The number of rotatable bonds is 7. The van der Waals surface area contributed by atoms with Gasteiger partial charge in [-0.25, -0.2) is 9.59 Å². The van der Waals surface area contributed by atoms with E-state index in [1.54, 1.807) is 11.8 Å². The van der Waals surface area contributed by atoms with Crippen LogP contribution in [-0.2, 0) is 14.3 Å². The molecule has 0 spiro atoms. The predicted octanol–water partition coefficient (Wildman–Crippen LogP) is 2.21. The fourth-order valence-electron chi connectivity index (χ4n) is 3.94. The summed E-state index contributed by atoms with van der Waals surface area (Å²) in [6, 6.07) is 1.18. The number of thiophene rings is 1. The number of likely N-dealkylation sites (N-methyl/N-ethyl adjacent to an activating group) is 1. The van der Waals surface area contributed by atoms with E-state index in [0.717, 1.165) is 5.56 Å². The molecule has 3 rings (SSSR count). The van der Waals surface area contributed by atoms with Crippen LogP contribution in [0.1, 0.15) is 38.8 Å². The SMILES string of the molecule is CCOC(=O)C1=C(CN2CCN(C(=O)CC)CC2)N(CC)C(=O)NC1c1ccsc1. The second-order valence-corrected chi connectivity index (χ2v) is 8.05. The molecule has 0 radical (unpaired) electrons. The summed E-state index contributed by atoms with van der Waals surface area (Å²) in [6.07, 6.45) is 0.504. The average molecular weight is 435 g/mol. The molecule has 1 aromatic heterocycles. The molecule has 1 aromatic rings. The largest absolute Gasteiger partial charge is 0.463 e. The first kappa shape index (κ1) is 22.3. The predicted molar refractivity (Wildman–Crippen MR) is 115 cm³/mol. The monoisotopic (exact) mass is 434 g/mol. The van der Waals surface area contributed by atoms with E-state index >= 15 is 0 Å². The zero-order chi connectivity index (χ0) is 21.7. The topological polar surface area (TPSA) is 82.2 Å². The van der Waals surface area contributed by atoms with Crippen molar-refractivity contribution >= 4 is 29.2 Å². The van der Waals surface area contributed by atoms with Crippen LogP contribution in [0.25, 0.3) is 0 Å². The third kappa shape index (κ3) is 4.67. The summed E-state index contributed by atoms with van der Waals surface area (Å²) >= 11 is 1.52. The quantitative estimate of drug-likeness (QED) is 0.666. The lowest BCUT2D eigenvalue weighted by Crippen LogP contribution is -2.53. The van der Waals surface area contributed by atoms with E-state index < -0.39 is 12.0 Å². The number of esters is 1. The molecule has 3 heterocycles. The third-order valence-electron chi connectivity index (χ3n) is 5.53. The Labute approximate surface area is 181 Å². The molecule has 0 bridgehead atoms. The van der Waals surface area contributed by atoms with Crippen LogP contribution in [0.15, 0.2) is 28.1 Å². The molecule has 0 saturated carbocycles. The first-order valence-corrected chi connectivity index (χ1v) is 11.4. The van der Waals surface area contributed by atoms with Crippen molar-refractivity contribution in [1.29, 1.82) is 0 Å². The van der Waals surface area contributed by atoms with E-state index in [2.05, 4.69) is 10.2 Å². The number of carbonyl (C=O) groups is 3. The lowest BCUT2D eigenvalue weighted by atomic mass is 9.96. The van der Waals surface area contributed by atoms with Gasteiger partial charge < -0.3 is 15.0 Å². The summed E-state index contributed by atoms with van der Waals surface area (Å²) in [5.41, 5.74) is 2.05. The summed E-state index contributed by atoms with van der Waals surface area (Å²) in [4.78, 5) is 43.5. The number of nitrogens with zero attached hydrogens (tertiary/aromatic N) is 3. The van der Waals surface area contributed by atoms with Crippen molar-refractivity contribution in [2.75, 3.05) is 45.9 Å². The maximum Gasteiger partial charge on any atom is 0.338 e. The second kappa shape index (κ2) is 10.1. The summed E-state index contributed by atoms with van der Waals surface area (Å²) in [6.45, 7) is 9.44. The van der Waals surface area contributed by atoms with E-state index in [1.807, 2.05) is 35.6 Å². The molecule has 1 fully saturated rings. The van der Waals surface area contributed by atoms with Crippen molar-refractivity contribution in [3.63, 3.8) is 0 Å². The average Bonchev–Trinajstić information content (AvgIpc) is 3.28. The van der Waals surface area contributed by atoms with E-state index in [9.17, 15) is 14.4 Å². The molecule has 0 aliphatic carbocycles. The molecule has 1 N–H and O–H groups in total. The number of carbonyl (C=O) groups excluding carboxylic acids is 3. The van der Waals surface area contributed by atoms with Gasteiger partial charge in [0.05, 0.1) is 18.2 Å². The van der Waals surface area contributed by atoms with E-state index in [1.165, 1.54) is 11.3 Å². The van der Waals surface area contributed by atoms with Crippen LogP contribution >= 0.6 is 11.3 Å². The van der Waals surface area contributed by atoms with Gasteiger partial charge in [0.1, 0.15) is 0 Å². The number of piperazine rings is 1. The number of hydrogen-bond donors (Lipinski definition) is 1. The lowest BCUT2D eigenvalue weighted by molar-refractivity contribution is -0.139. The Balaban J connectivity index is 1.92. The molecule has 2 aliphatic heterocycles. The van der Waals surface area contributed by atoms with Crippen LogP contribution in [-0.4, -0.2) is 78.5 Å². The van der Waals surface area contributed by atoms with Crippen LogP contribution in [0.2, 0.25) is 0 Å². The molecule has 8 nitrogen and oxygen atoms in total. The van der Waals surface area contributed by atoms with Crippen molar-refractivity contribution in [2.24, 2.45) is 0 Å². The molecular weight excluding hydrogens is 404 g/mol. The van der Waals surface area contributed by atoms with Crippen molar-refractivity contribution < 1.29 is 19.1 Å². The molecule has 3 amide bonds. The Bertz CT molecular complexity index is 800. The van der Waals surface area contributed by atoms with Gasteiger partial charge >= 0.3 is 12.0 Å². The Hall–Kier alpha value is -2.39. The first-order chi connectivity index (χ1) is 14.5. The molecule has 0 aromatic carbocycles. The Morgan fingerprint density at radius 3 is 2.50 bits per heavy atom. The van der Waals surface area contributed by atoms with Crippen LogP contribution in [0, 0.1) is 0 Å². The molecule has 1 unspecified atom stereocenters. The number of amides is 3. The van der Waals surface area contributed by atoms with Gasteiger partial charge in [0.2, 0.25) is 5.91 Å². The van der Waals surface area contributed by atoms with Gasteiger partial charge in [-0.2, -0.15) is 11.3 Å². The molecule has 164 valence electrons. The molecule has 2 aliphatic rings. The van der Waals surface area contributed by atoms with Crippen LogP contribution in [0.4, 0.5) is 4.79 Å². The summed E-state index contributed by atoms with van der Waals surface area (Å²) in [5.74, 6) is -0.243. The zero-order valence-electron chi connectivity index (χ0n) is 17.8. The summed E-state index contributed by atoms with van der Waals surface area (Å²) in [5, 5.41) is 6.84.